The van der Waals surface area contributed by atoms with Crippen LogP contribution in [-0.2, 0) is 13.1 Å². The van der Waals surface area contributed by atoms with Crippen molar-refractivity contribution in [3.8, 4) is 11.1 Å². The quantitative estimate of drug-likeness (QED) is 0.759. The van der Waals surface area contributed by atoms with Crippen LogP contribution < -0.4 is 5.32 Å². The second-order valence-corrected chi connectivity index (χ2v) is 6.09. The number of aromatic nitrogens is 2. The molecule has 0 aliphatic carbocycles. The van der Waals surface area contributed by atoms with Gasteiger partial charge in [-0.3, -0.25) is 4.68 Å². The molecule has 2 aromatic carbocycles. The summed E-state index contributed by atoms with van der Waals surface area (Å²) < 4.78 is 28.0. The number of fused-ring (bicyclic) bond motifs is 1. The van der Waals surface area contributed by atoms with Crippen molar-refractivity contribution in [1.82, 2.24) is 14.7 Å². The molecule has 0 spiro atoms. The Kier molecular flexibility index (Phi) is 4.12. The van der Waals surface area contributed by atoms with E-state index < -0.39 is 0 Å². The number of hydrogen-bond donors (Lipinski definition) is 1. The molecule has 26 heavy (non-hydrogen) atoms. The number of rotatable bonds is 2. The molecule has 0 fully saturated rings. The van der Waals surface area contributed by atoms with Crippen LogP contribution in [0.15, 0.2) is 54.7 Å². The number of halogens is 2. The second kappa shape index (κ2) is 6.59. The minimum absolute atomic E-state index is 0.255. The second-order valence-electron chi connectivity index (χ2n) is 6.09. The molecule has 132 valence electrons. The lowest BCUT2D eigenvalue weighted by molar-refractivity contribution is 0.194. The van der Waals surface area contributed by atoms with E-state index in [0.29, 0.717) is 25.3 Å². The van der Waals surface area contributed by atoms with E-state index in [1.54, 1.807) is 23.2 Å². The number of hydrogen-bond acceptors (Lipinski definition) is 2. The molecule has 1 aromatic heterocycles. The molecule has 0 radical (unpaired) electrons. The molecule has 3 aromatic rings. The number of nitrogens with zero attached hydrogens (tertiary/aromatic N) is 3. The topological polar surface area (TPSA) is 50.2 Å². The molecule has 7 heteroatoms. The lowest BCUT2D eigenvalue weighted by atomic mass is 10.1. The van der Waals surface area contributed by atoms with Crippen LogP contribution >= 0.6 is 0 Å². The van der Waals surface area contributed by atoms with Gasteiger partial charge in [0.1, 0.15) is 11.6 Å². The van der Waals surface area contributed by atoms with Gasteiger partial charge in [0.25, 0.3) is 0 Å². The van der Waals surface area contributed by atoms with Gasteiger partial charge in [-0.2, -0.15) is 5.10 Å². The van der Waals surface area contributed by atoms with E-state index in [1.165, 1.54) is 36.4 Å². The van der Waals surface area contributed by atoms with E-state index in [2.05, 4.69) is 10.4 Å². The molecular formula is C19H16F2N4O. The zero-order valence-corrected chi connectivity index (χ0v) is 13.8. The molecule has 2 heterocycles. The number of benzene rings is 2. The van der Waals surface area contributed by atoms with Crippen molar-refractivity contribution < 1.29 is 13.6 Å². The minimum Gasteiger partial charge on any atom is -0.317 e. The third kappa shape index (κ3) is 3.15. The van der Waals surface area contributed by atoms with Gasteiger partial charge in [0, 0.05) is 17.8 Å². The molecule has 0 bridgehead atoms. The number of nitrogens with one attached hydrogen (secondary N) is 1. The zero-order chi connectivity index (χ0) is 18.1. The smallest absolute Gasteiger partial charge is 0.317 e. The largest absolute Gasteiger partial charge is 0.322 e. The molecular weight excluding hydrogens is 338 g/mol. The fraction of sp³-hybridized carbons (Fsp3) is 0.158. The number of amides is 2. The summed E-state index contributed by atoms with van der Waals surface area (Å²) in [5.74, 6) is -0.649. The van der Waals surface area contributed by atoms with Crippen LogP contribution in [0.3, 0.4) is 0 Å². The summed E-state index contributed by atoms with van der Waals surface area (Å²) >= 11 is 0. The van der Waals surface area contributed by atoms with Crippen molar-refractivity contribution in [2.75, 3.05) is 11.9 Å². The highest BCUT2D eigenvalue weighted by molar-refractivity contribution is 5.89. The summed E-state index contributed by atoms with van der Waals surface area (Å²) in [5.41, 5.74) is 3.17. The average molecular weight is 354 g/mol. The number of anilines is 1. The minimum atomic E-state index is -0.353. The van der Waals surface area contributed by atoms with Crippen LogP contribution in [0.5, 0.6) is 0 Å². The molecule has 1 aliphatic rings. The number of carbonyl (C=O) groups excluding carboxylic acids is 1. The highest BCUT2D eigenvalue weighted by Gasteiger charge is 2.24. The highest BCUT2D eigenvalue weighted by atomic mass is 19.1. The summed E-state index contributed by atoms with van der Waals surface area (Å²) in [4.78, 5) is 14.2. The van der Waals surface area contributed by atoms with Gasteiger partial charge in [0.15, 0.2) is 0 Å². The summed E-state index contributed by atoms with van der Waals surface area (Å²) in [7, 11) is 0. The summed E-state index contributed by atoms with van der Waals surface area (Å²) in [6, 6.07) is 11.6. The Bertz CT molecular complexity index is 935. The molecule has 0 saturated heterocycles. The third-order valence-electron chi connectivity index (χ3n) is 4.41. The average Bonchev–Trinajstić information content (AvgIpc) is 3.07. The van der Waals surface area contributed by atoms with E-state index in [0.717, 1.165) is 16.8 Å². The first-order valence-electron chi connectivity index (χ1n) is 8.22. The Morgan fingerprint density at radius 1 is 0.962 bits per heavy atom. The van der Waals surface area contributed by atoms with E-state index >= 15 is 0 Å². The highest BCUT2D eigenvalue weighted by Crippen LogP contribution is 2.27. The molecule has 1 N–H and O–H groups in total. The van der Waals surface area contributed by atoms with Crippen LogP contribution in [-0.4, -0.2) is 27.3 Å². The maximum absolute atomic E-state index is 13.2. The predicted octanol–water partition coefficient (Wildman–Crippen LogP) is 3.88. The molecule has 4 rings (SSSR count). The molecule has 1 aliphatic heterocycles. The maximum Gasteiger partial charge on any atom is 0.322 e. The monoisotopic (exact) mass is 354 g/mol. The van der Waals surface area contributed by atoms with Gasteiger partial charge in [-0.15, -0.1) is 0 Å². The summed E-state index contributed by atoms with van der Waals surface area (Å²) in [6.07, 6.45) is 1.74. The van der Waals surface area contributed by atoms with Crippen LogP contribution in [0.4, 0.5) is 19.3 Å². The SMILES string of the molecule is O=C(Nc1ccc(F)cc1)N1CCn2ncc(-c3ccc(F)cc3)c2C1. The van der Waals surface area contributed by atoms with E-state index in [-0.39, 0.29) is 17.7 Å². The van der Waals surface area contributed by atoms with E-state index in [4.69, 9.17) is 0 Å². The first-order chi connectivity index (χ1) is 12.6. The fourth-order valence-corrected chi connectivity index (χ4v) is 3.03. The molecule has 0 unspecified atom stereocenters. The van der Waals surface area contributed by atoms with Crippen LogP contribution in [0, 0.1) is 11.6 Å². The lowest BCUT2D eigenvalue weighted by Gasteiger charge is -2.28. The van der Waals surface area contributed by atoms with Gasteiger partial charge in [-0.05, 0) is 42.0 Å². The Balaban J connectivity index is 1.53. The zero-order valence-electron chi connectivity index (χ0n) is 13.8. The van der Waals surface area contributed by atoms with E-state index in [1.807, 2.05) is 4.68 Å². The fourth-order valence-electron chi connectivity index (χ4n) is 3.03. The summed E-state index contributed by atoms with van der Waals surface area (Å²) in [5, 5.41) is 7.14. The lowest BCUT2D eigenvalue weighted by Crippen LogP contribution is -2.41. The van der Waals surface area contributed by atoms with Crippen molar-refractivity contribution in [1.29, 1.82) is 0 Å². The van der Waals surface area contributed by atoms with E-state index in [9.17, 15) is 13.6 Å². The van der Waals surface area contributed by atoms with Gasteiger partial charge in [0.2, 0.25) is 0 Å². The Morgan fingerprint density at radius 3 is 2.31 bits per heavy atom. The van der Waals surface area contributed by atoms with Gasteiger partial charge < -0.3 is 10.2 Å². The van der Waals surface area contributed by atoms with Crippen LogP contribution in [0.1, 0.15) is 5.69 Å². The van der Waals surface area contributed by atoms with Gasteiger partial charge in [-0.1, -0.05) is 12.1 Å². The van der Waals surface area contributed by atoms with Crippen molar-refractivity contribution in [3.63, 3.8) is 0 Å². The first kappa shape index (κ1) is 16.3. The van der Waals surface area contributed by atoms with Gasteiger partial charge >= 0.3 is 6.03 Å². The number of urea groups is 1. The predicted molar refractivity (Wildman–Crippen MR) is 93.4 cm³/mol. The Labute approximate surface area is 148 Å². The normalized spacial score (nSPS) is 13.4. The van der Waals surface area contributed by atoms with Crippen molar-refractivity contribution in [3.05, 3.63) is 72.1 Å². The third-order valence-corrected chi connectivity index (χ3v) is 4.41. The molecule has 0 saturated carbocycles. The molecule has 2 amide bonds. The summed E-state index contributed by atoms with van der Waals surface area (Å²) in [6.45, 7) is 1.48. The first-order valence-corrected chi connectivity index (χ1v) is 8.22. The number of carbonyl (C=O) groups is 1. The molecule has 5 nitrogen and oxygen atoms in total. The Hall–Kier alpha value is -3.22. The maximum atomic E-state index is 13.2. The van der Waals surface area contributed by atoms with Crippen molar-refractivity contribution >= 4 is 11.7 Å². The Morgan fingerprint density at radius 2 is 1.62 bits per heavy atom. The van der Waals surface area contributed by atoms with Crippen LogP contribution in [0.25, 0.3) is 11.1 Å². The van der Waals surface area contributed by atoms with Gasteiger partial charge in [0.05, 0.1) is 25.0 Å². The van der Waals surface area contributed by atoms with Crippen LogP contribution in [0.2, 0.25) is 0 Å². The molecule has 0 atom stereocenters. The van der Waals surface area contributed by atoms with Crippen molar-refractivity contribution in [2.45, 2.75) is 13.1 Å². The van der Waals surface area contributed by atoms with Gasteiger partial charge in [-0.25, -0.2) is 13.6 Å². The standard InChI is InChI=1S/C19H16F2N4O/c20-14-3-1-13(2-4-14)17-11-22-25-10-9-24(12-18(17)25)19(26)23-16-7-5-15(21)6-8-16/h1-8,11H,9-10,12H2,(H,23,26). The van der Waals surface area contributed by atoms with Crippen molar-refractivity contribution in [2.24, 2.45) is 0 Å².